The minimum absolute atomic E-state index is 0.144. The van der Waals surface area contributed by atoms with Gasteiger partial charge >= 0.3 is 0 Å². The predicted molar refractivity (Wildman–Crippen MR) is 89.9 cm³/mol. The molecule has 0 fully saturated rings. The number of aryl methyl sites for hydroxylation is 2. The molecule has 0 atom stereocenters. The van der Waals surface area contributed by atoms with Gasteiger partial charge in [-0.15, -0.1) is 0 Å². The summed E-state index contributed by atoms with van der Waals surface area (Å²) in [5.74, 6) is -0.395. The number of fused-ring (bicyclic) bond motifs is 1. The Morgan fingerprint density at radius 3 is 2.74 bits per heavy atom. The molecule has 0 aliphatic heterocycles. The molecule has 0 aliphatic rings. The number of halogens is 1. The number of carbonyl (C=O) groups excluding carboxylic acids is 1. The highest BCUT2D eigenvalue weighted by atomic mass is 19.1. The summed E-state index contributed by atoms with van der Waals surface area (Å²) in [7, 11) is 0. The molecule has 3 aromatic rings. The van der Waals surface area contributed by atoms with Crippen molar-refractivity contribution in [1.29, 1.82) is 0 Å². The second-order valence-electron chi connectivity index (χ2n) is 5.61. The molecule has 1 heterocycles. The molecular weight excluding hydrogens is 291 g/mol. The molecule has 2 aromatic carbocycles. The van der Waals surface area contributed by atoms with Gasteiger partial charge in [0.1, 0.15) is 5.82 Å². The molecule has 4 heteroatoms. The summed E-state index contributed by atoms with van der Waals surface area (Å²) in [5.41, 5.74) is 3.04. The Morgan fingerprint density at radius 2 is 2.00 bits per heavy atom. The first kappa shape index (κ1) is 15.3. The van der Waals surface area contributed by atoms with E-state index in [1.165, 1.54) is 6.07 Å². The molecule has 0 saturated carbocycles. The SMILES string of the molecule is CCn1cc(C(=O)NCc2ccc(C)c(F)c2)c2ccccc21. The van der Waals surface area contributed by atoms with E-state index in [9.17, 15) is 9.18 Å². The van der Waals surface area contributed by atoms with Crippen molar-refractivity contribution in [3.05, 3.63) is 71.2 Å². The Labute approximate surface area is 134 Å². The second kappa shape index (κ2) is 6.24. The van der Waals surface area contributed by atoms with Crippen molar-refractivity contribution < 1.29 is 9.18 Å². The second-order valence-corrected chi connectivity index (χ2v) is 5.61. The number of aromatic nitrogens is 1. The van der Waals surface area contributed by atoms with E-state index in [2.05, 4.69) is 9.88 Å². The van der Waals surface area contributed by atoms with E-state index in [0.717, 1.165) is 23.0 Å². The third-order valence-corrected chi connectivity index (χ3v) is 4.06. The fourth-order valence-electron chi connectivity index (χ4n) is 2.71. The van der Waals surface area contributed by atoms with Crippen LogP contribution in [0, 0.1) is 12.7 Å². The lowest BCUT2D eigenvalue weighted by molar-refractivity contribution is 0.0952. The van der Waals surface area contributed by atoms with E-state index in [1.807, 2.05) is 43.5 Å². The van der Waals surface area contributed by atoms with Crippen LogP contribution in [-0.4, -0.2) is 10.5 Å². The number of hydrogen-bond donors (Lipinski definition) is 1. The summed E-state index contributed by atoms with van der Waals surface area (Å²) >= 11 is 0. The van der Waals surface area contributed by atoms with Crippen molar-refractivity contribution in [3.63, 3.8) is 0 Å². The van der Waals surface area contributed by atoms with Crippen LogP contribution in [0.1, 0.15) is 28.4 Å². The van der Waals surface area contributed by atoms with Crippen molar-refractivity contribution in [3.8, 4) is 0 Å². The molecule has 1 amide bonds. The van der Waals surface area contributed by atoms with E-state index in [4.69, 9.17) is 0 Å². The van der Waals surface area contributed by atoms with Gasteiger partial charge in [-0.05, 0) is 37.1 Å². The molecule has 1 aromatic heterocycles. The maximum absolute atomic E-state index is 13.6. The maximum Gasteiger partial charge on any atom is 0.253 e. The van der Waals surface area contributed by atoms with Gasteiger partial charge in [-0.1, -0.05) is 30.3 Å². The first-order valence-electron chi connectivity index (χ1n) is 7.71. The Hall–Kier alpha value is -2.62. The molecule has 0 spiro atoms. The minimum Gasteiger partial charge on any atom is -0.348 e. The Kier molecular flexibility index (Phi) is 4.15. The molecule has 3 rings (SSSR count). The van der Waals surface area contributed by atoms with Crippen molar-refractivity contribution in [2.24, 2.45) is 0 Å². The summed E-state index contributed by atoms with van der Waals surface area (Å²) in [6, 6.07) is 12.9. The van der Waals surface area contributed by atoms with E-state index in [1.54, 1.807) is 13.0 Å². The molecule has 0 saturated heterocycles. The van der Waals surface area contributed by atoms with Crippen molar-refractivity contribution in [2.45, 2.75) is 26.9 Å². The maximum atomic E-state index is 13.6. The summed E-state index contributed by atoms with van der Waals surface area (Å²) in [5, 5.41) is 3.80. The highest BCUT2D eigenvalue weighted by Crippen LogP contribution is 2.21. The van der Waals surface area contributed by atoms with Crippen molar-refractivity contribution in [1.82, 2.24) is 9.88 Å². The van der Waals surface area contributed by atoms with E-state index in [-0.39, 0.29) is 11.7 Å². The standard InChI is InChI=1S/C19H19FN2O/c1-3-22-12-16(15-6-4-5-7-18(15)22)19(23)21-11-14-9-8-13(2)17(20)10-14/h4-10,12H,3,11H2,1-2H3,(H,21,23). The van der Waals surface area contributed by atoms with E-state index < -0.39 is 0 Å². The van der Waals surface area contributed by atoms with Gasteiger partial charge in [0.2, 0.25) is 0 Å². The van der Waals surface area contributed by atoms with Crippen LogP contribution in [0.5, 0.6) is 0 Å². The Morgan fingerprint density at radius 1 is 1.22 bits per heavy atom. The zero-order chi connectivity index (χ0) is 16.4. The topological polar surface area (TPSA) is 34.0 Å². The average molecular weight is 310 g/mol. The van der Waals surface area contributed by atoms with Gasteiger partial charge in [-0.2, -0.15) is 0 Å². The lowest BCUT2D eigenvalue weighted by Crippen LogP contribution is -2.22. The third kappa shape index (κ3) is 2.97. The number of nitrogens with zero attached hydrogens (tertiary/aromatic N) is 1. The fraction of sp³-hybridized carbons (Fsp3) is 0.211. The summed E-state index contributed by atoms with van der Waals surface area (Å²) in [6.07, 6.45) is 1.87. The van der Waals surface area contributed by atoms with Crippen LogP contribution >= 0.6 is 0 Å². The lowest BCUT2D eigenvalue weighted by Gasteiger charge is -2.06. The normalized spacial score (nSPS) is 10.9. The van der Waals surface area contributed by atoms with E-state index >= 15 is 0 Å². The van der Waals surface area contributed by atoms with Crippen LogP contribution in [0.25, 0.3) is 10.9 Å². The molecule has 0 bridgehead atoms. The van der Waals surface area contributed by atoms with Gasteiger partial charge in [0.25, 0.3) is 5.91 Å². The first-order valence-corrected chi connectivity index (χ1v) is 7.71. The summed E-state index contributed by atoms with van der Waals surface area (Å²) < 4.78 is 15.6. The third-order valence-electron chi connectivity index (χ3n) is 4.06. The Balaban J connectivity index is 1.82. The molecule has 118 valence electrons. The number of nitrogens with one attached hydrogen (secondary N) is 1. The van der Waals surface area contributed by atoms with Gasteiger partial charge in [-0.3, -0.25) is 4.79 Å². The van der Waals surface area contributed by atoms with Gasteiger partial charge in [0, 0.05) is 30.2 Å². The summed E-state index contributed by atoms with van der Waals surface area (Å²) in [4.78, 5) is 12.5. The molecule has 23 heavy (non-hydrogen) atoms. The van der Waals surface area contributed by atoms with Crippen LogP contribution in [-0.2, 0) is 13.1 Å². The van der Waals surface area contributed by atoms with Crippen LogP contribution in [0.15, 0.2) is 48.7 Å². The number of hydrogen-bond acceptors (Lipinski definition) is 1. The molecule has 0 aliphatic carbocycles. The zero-order valence-electron chi connectivity index (χ0n) is 13.3. The zero-order valence-corrected chi connectivity index (χ0v) is 13.3. The molecular formula is C19H19FN2O. The van der Waals surface area contributed by atoms with Crippen LogP contribution in [0.4, 0.5) is 4.39 Å². The number of carbonyl (C=O) groups is 1. The lowest BCUT2D eigenvalue weighted by atomic mass is 10.1. The van der Waals surface area contributed by atoms with Gasteiger partial charge in [-0.25, -0.2) is 4.39 Å². The van der Waals surface area contributed by atoms with Gasteiger partial charge in [0.15, 0.2) is 0 Å². The van der Waals surface area contributed by atoms with E-state index in [0.29, 0.717) is 17.7 Å². The largest absolute Gasteiger partial charge is 0.348 e. The minimum atomic E-state index is -0.251. The molecule has 1 N–H and O–H groups in total. The average Bonchev–Trinajstić information content (AvgIpc) is 2.94. The first-order chi connectivity index (χ1) is 11.1. The monoisotopic (exact) mass is 310 g/mol. The molecule has 0 radical (unpaired) electrons. The number of rotatable bonds is 4. The highest BCUT2D eigenvalue weighted by molar-refractivity contribution is 6.06. The van der Waals surface area contributed by atoms with Gasteiger partial charge < -0.3 is 9.88 Å². The molecule has 0 unspecified atom stereocenters. The number of benzene rings is 2. The predicted octanol–water partition coefficient (Wildman–Crippen LogP) is 4.04. The quantitative estimate of drug-likeness (QED) is 0.775. The van der Waals surface area contributed by atoms with Crippen LogP contribution < -0.4 is 5.32 Å². The van der Waals surface area contributed by atoms with Crippen LogP contribution in [0.3, 0.4) is 0 Å². The van der Waals surface area contributed by atoms with Gasteiger partial charge in [0.05, 0.1) is 5.56 Å². The highest BCUT2D eigenvalue weighted by Gasteiger charge is 2.14. The smallest absolute Gasteiger partial charge is 0.253 e. The summed E-state index contributed by atoms with van der Waals surface area (Å²) in [6.45, 7) is 4.87. The van der Waals surface area contributed by atoms with Crippen molar-refractivity contribution in [2.75, 3.05) is 0 Å². The molecule has 3 nitrogen and oxygen atoms in total. The fourth-order valence-corrected chi connectivity index (χ4v) is 2.71. The number of amides is 1. The van der Waals surface area contributed by atoms with Crippen LogP contribution in [0.2, 0.25) is 0 Å². The van der Waals surface area contributed by atoms with Crippen molar-refractivity contribution >= 4 is 16.8 Å². The Bertz CT molecular complexity index is 867. The number of para-hydroxylation sites is 1.